The molecule has 0 bridgehead atoms. The van der Waals surface area contributed by atoms with E-state index in [1.807, 2.05) is 56.3 Å². The van der Waals surface area contributed by atoms with Crippen LogP contribution in [-0.2, 0) is 0 Å². The molecule has 0 atom stereocenters. The number of carbonyl (C=O) groups excluding carboxylic acids is 1. The van der Waals surface area contributed by atoms with Crippen molar-refractivity contribution in [1.29, 1.82) is 0 Å². The molecule has 0 N–H and O–H groups in total. The van der Waals surface area contributed by atoms with Gasteiger partial charge in [0.15, 0.2) is 17.3 Å². The maximum absolute atomic E-state index is 12.2. The number of benzene rings is 2. The number of ether oxygens (including phenoxy) is 2. The summed E-state index contributed by atoms with van der Waals surface area (Å²) in [4.78, 5) is 12.2. The van der Waals surface area contributed by atoms with E-state index in [0.29, 0.717) is 23.7 Å². The van der Waals surface area contributed by atoms with E-state index >= 15 is 0 Å². The van der Waals surface area contributed by atoms with Gasteiger partial charge in [0.1, 0.15) is 0 Å². The van der Waals surface area contributed by atoms with E-state index in [-0.39, 0.29) is 5.78 Å². The molecule has 3 heteroatoms. The van der Waals surface area contributed by atoms with Gasteiger partial charge in [-0.05, 0) is 43.7 Å². The second kappa shape index (κ2) is 7.46. The first-order valence-electron chi connectivity index (χ1n) is 7.24. The van der Waals surface area contributed by atoms with Crippen molar-refractivity contribution >= 4 is 11.9 Å². The molecule has 0 aliphatic rings. The summed E-state index contributed by atoms with van der Waals surface area (Å²) in [5.74, 6) is 1.34. The number of hydrogen-bond donors (Lipinski definition) is 0. The second-order valence-corrected chi connectivity index (χ2v) is 4.91. The first-order chi connectivity index (χ1) is 10.6. The molecule has 2 rings (SSSR count). The normalized spacial score (nSPS) is 10.7. The minimum atomic E-state index is -0.0162. The van der Waals surface area contributed by atoms with Crippen LogP contribution in [0.5, 0.6) is 11.5 Å². The molecule has 0 spiro atoms. The SMILES string of the molecule is CCOc1cc(/C=C/C(=O)c2cccc(C)c2)ccc1OC. The predicted octanol–water partition coefficient (Wildman–Crippen LogP) is 4.30. The standard InChI is InChI=1S/C19H20O3/c1-4-22-19-13-15(9-11-18(19)21-3)8-10-17(20)16-7-5-6-14(2)12-16/h5-13H,4H2,1-3H3/b10-8+. The first kappa shape index (κ1) is 15.8. The molecule has 0 saturated heterocycles. The van der Waals surface area contributed by atoms with Gasteiger partial charge in [-0.15, -0.1) is 0 Å². The fraction of sp³-hybridized carbons (Fsp3) is 0.211. The van der Waals surface area contributed by atoms with Crippen molar-refractivity contribution in [2.24, 2.45) is 0 Å². The van der Waals surface area contributed by atoms with Gasteiger partial charge in [-0.25, -0.2) is 0 Å². The summed E-state index contributed by atoms with van der Waals surface area (Å²) in [5, 5.41) is 0. The van der Waals surface area contributed by atoms with Crippen molar-refractivity contribution in [2.45, 2.75) is 13.8 Å². The molecule has 0 amide bonds. The van der Waals surface area contributed by atoms with Crippen LogP contribution in [0.15, 0.2) is 48.5 Å². The van der Waals surface area contributed by atoms with E-state index in [2.05, 4.69) is 0 Å². The topological polar surface area (TPSA) is 35.5 Å². The van der Waals surface area contributed by atoms with Gasteiger partial charge in [0.2, 0.25) is 0 Å². The lowest BCUT2D eigenvalue weighted by molar-refractivity contribution is 0.104. The molecule has 0 fully saturated rings. The third-order valence-corrected chi connectivity index (χ3v) is 3.22. The number of carbonyl (C=O) groups is 1. The van der Waals surface area contributed by atoms with Crippen molar-refractivity contribution in [1.82, 2.24) is 0 Å². The third kappa shape index (κ3) is 3.98. The van der Waals surface area contributed by atoms with E-state index in [4.69, 9.17) is 9.47 Å². The largest absolute Gasteiger partial charge is 0.493 e. The van der Waals surface area contributed by atoms with Crippen LogP contribution in [-0.4, -0.2) is 19.5 Å². The lowest BCUT2D eigenvalue weighted by Crippen LogP contribution is -1.96. The van der Waals surface area contributed by atoms with Crippen molar-refractivity contribution in [3.05, 3.63) is 65.2 Å². The fourth-order valence-electron chi connectivity index (χ4n) is 2.13. The van der Waals surface area contributed by atoms with Crippen LogP contribution < -0.4 is 9.47 Å². The summed E-state index contributed by atoms with van der Waals surface area (Å²) in [5.41, 5.74) is 2.65. The summed E-state index contributed by atoms with van der Waals surface area (Å²) in [6.07, 6.45) is 3.36. The van der Waals surface area contributed by atoms with E-state index in [0.717, 1.165) is 11.1 Å². The van der Waals surface area contributed by atoms with Crippen LogP contribution in [0.1, 0.15) is 28.4 Å². The number of allylic oxidation sites excluding steroid dienone is 1. The number of ketones is 1. The number of hydrogen-bond acceptors (Lipinski definition) is 3. The summed E-state index contributed by atoms with van der Waals surface area (Å²) >= 11 is 0. The zero-order chi connectivity index (χ0) is 15.9. The zero-order valence-electron chi connectivity index (χ0n) is 13.1. The van der Waals surface area contributed by atoms with Crippen LogP contribution in [0.25, 0.3) is 6.08 Å². The van der Waals surface area contributed by atoms with Crippen molar-refractivity contribution in [3.63, 3.8) is 0 Å². The zero-order valence-corrected chi connectivity index (χ0v) is 13.1. The Morgan fingerprint density at radius 2 is 1.95 bits per heavy atom. The highest BCUT2D eigenvalue weighted by molar-refractivity contribution is 6.06. The Balaban J connectivity index is 2.19. The van der Waals surface area contributed by atoms with Gasteiger partial charge in [0, 0.05) is 5.56 Å². The van der Waals surface area contributed by atoms with Crippen LogP contribution in [0.2, 0.25) is 0 Å². The monoisotopic (exact) mass is 296 g/mol. The highest BCUT2D eigenvalue weighted by atomic mass is 16.5. The molecule has 0 aliphatic carbocycles. The maximum Gasteiger partial charge on any atom is 0.185 e. The van der Waals surface area contributed by atoms with Gasteiger partial charge in [-0.1, -0.05) is 35.9 Å². The van der Waals surface area contributed by atoms with Gasteiger partial charge in [-0.2, -0.15) is 0 Å². The Hall–Kier alpha value is -2.55. The molecular weight excluding hydrogens is 276 g/mol. The number of aryl methyl sites for hydroxylation is 1. The quantitative estimate of drug-likeness (QED) is 0.589. The molecule has 0 heterocycles. The van der Waals surface area contributed by atoms with Crippen LogP contribution in [0.4, 0.5) is 0 Å². The first-order valence-corrected chi connectivity index (χ1v) is 7.24. The van der Waals surface area contributed by atoms with Crippen molar-refractivity contribution in [2.75, 3.05) is 13.7 Å². The van der Waals surface area contributed by atoms with Crippen LogP contribution in [0.3, 0.4) is 0 Å². The third-order valence-electron chi connectivity index (χ3n) is 3.22. The van der Waals surface area contributed by atoms with Crippen LogP contribution >= 0.6 is 0 Å². The van der Waals surface area contributed by atoms with E-state index in [9.17, 15) is 4.79 Å². The molecule has 2 aromatic carbocycles. The average Bonchev–Trinajstić information content (AvgIpc) is 2.53. The molecule has 3 nitrogen and oxygen atoms in total. The van der Waals surface area contributed by atoms with Gasteiger partial charge in [0.05, 0.1) is 13.7 Å². The second-order valence-electron chi connectivity index (χ2n) is 4.91. The lowest BCUT2D eigenvalue weighted by atomic mass is 10.1. The Morgan fingerprint density at radius 3 is 2.64 bits per heavy atom. The molecule has 0 unspecified atom stereocenters. The minimum Gasteiger partial charge on any atom is -0.493 e. The summed E-state index contributed by atoms with van der Waals surface area (Å²) in [6, 6.07) is 13.1. The lowest BCUT2D eigenvalue weighted by Gasteiger charge is -2.09. The highest BCUT2D eigenvalue weighted by Gasteiger charge is 2.05. The maximum atomic E-state index is 12.2. The van der Waals surface area contributed by atoms with E-state index < -0.39 is 0 Å². The van der Waals surface area contributed by atoms with E-state index in [1.165, 1.54) is 0 Å². The fourth-order valence-corrected chi connectivity index (χ4v) is 2.13. The molecule has 0 radical (unpaired) electrons. The Kier molecular flexibility index (Phi) is 5.37. The van der Waals surface area contributed by atoms with Crippen molar-refractivity contribution in [3.8, 4) is 11.5 Å². The highest BCUT2D eigenvalue weighted by Crippen LogP contribution is 2.28. The molecule has 114 valence electrons. The minimum absolute atomic E-state index is 0.0162. The van der Waals surface area contributed by atoms with Crippen molar-refractivity contribution < 1.29 is 14.3 Å². The Morgan fingerprint density at radius 1 is 1.14 bits per heavy atom. The number of methoxy groups -OCH3 is 1. The van der Waals surface area contributed by atoms with Gasteiger partial charge in [-0.3, -0.25) is 4.79 Å². The van der Waals surface area contributed by atoms with Gasteiger partial charge >= 0.3 is 0 Å². The summed E-state index contributed by atoms with van der Waals surface area (Å²) < 4.78 is 10.8. The molecular formula is C19H20O3. The van der Waals surface area contributed by atoms with E-state index in [1.54, 1.807) is 19.3 Å². The summed E-state index contributed by atoms with van der Waals surface area (Å²) in [7, 11) is 1.61. The molecule has 2 aromatic rings. The predicted molar refractivity (Wildman–Crippen MR) is 88.7 cm³/mol. The van der Waals surface area contributed by atoms with Gasteiger partial charge in [0.25, 0.3) is 0 Å². The Labute approximate surface area is 131 Å². The number of rotatable bonds is 6. The van der Waals surface area contributed by atoms with Gasteiger partial charge < -0.3 is 9.47 Å². The Bertz CT molecular complexity index is 687. The summed E-state index contributed by atoms with van der Waals surface area (Å²) in [6.45, 7) is 4.45. The molecule has 0 aliphatic heterocycles. The molecule has 22 heavy (non-hydrogen) atoms. The molecule has 0 saturated carbocycles. The average molecular weight is 296 g/mol. The smallest absolute Gasteiger partial charge is 0.185 e. The van der Waals surface area contributed by atoms with Crippen LogP contribution in [0, 0.1) is 6.92 Å². The molecule has 0 aromatic heterocycles.